The summed E-state index contributed by atoms with van der Waals surface area (Å²) in [4.78, 5) is 47.1. The zero-order chi connectivity index (χ0) is 42.6. The molecule has 2 aromatic heterocycles. The number of benzene rings is 5. The number of anilines is 1. The Balaban J connectivity index is 1.28. The summed E-state index contributed by atoms with van der Waals surface area (Å²) in [6, 6.07) is 44.6. The number of ether oxygens (including phenoxy) is 4. The van der Waals surface area contributed by atoms with Gasteiger partial charge in [-0.1, -0.05) is 127 Å². The topological polar surface area (TPSA) is 127 Å². The summed E-state index contributed by atoms with van der Waals surface area (Å²) >= 11 is 0. The van der Waals surface area contributed by atoms with Crippen LogP contribution in [0.2, 0.25) is 0 Å². The zero-order valence-electron chi connectivity index (χ0n) is 33.4. The van der Waals surface area contributed by atoms with Gasteiger partial charge in [-0.2, -0.15) is 15.0 Å². The molecule has 0 spiro atoms. The Labute approximate surface area is 350 Å². The maximum Gasteiger partial charge on any atom is 0.338 e. The molecule has 1 fully saturated rings. The fourth-order valence-electron chi connectivity index (χ4n) is 7.76. The molecule has 0 saturated carbocycles. The first-order valence-electron chi connectivity index (χ1n) is 19.5. The van der Waals surface area contributed by atoms with Crippen molar-refractivity contribution in [2.45, 2.75) is 43.2 Å². The lowest BCUT2D eigenvalue weighted by Crippen LogP contribution is -2.50. The van der Waals surface area contributed by atoms with E-state index in [0.717, 1.165) is 23.6 Å². The molecule has 12 nitrogen and oxygen atoms in total. The van der Waals surface area contributed by atoms with E-state index in [4.69, 9.17) is 33.8 Å². The predicted molar refractivity (Wildman–Crippen MR) is 221 cm³/mol. The van der Waals surface area contributed by atoms with E-state index in [9.17, 15) is 9.59 Å². The molecular weight excluding hydrogens is 785 g/mol. The van der Waals surface area contributed by atoms with E-state index < -0.39 is 47.9 Å². The highest BCUT2D eigenvalue weighted by atomic mass is 19.2. The van der Waals surface area contributed by atoms with Crippen molar-refractivity contribution in [3.8, 4) is 5.88 Å². The van der Waals surface area contributed by atoms with Gasteiger partial charge in [-0.15, -0.1) is 0 Å². The van der Waals surface area contributed by atoms with Crippen molar-refractivity contribution in [1.29, 1.82) is 0 Å². The van der Waals surface area contributed by atoms with Crippen LogP contribution in [-0.4, -0.2) is 69.4 Å². The van der Waals surface area contributed by atoms with Crippen LogP contribution in [0.5, 0.6) is 5.88 Å². The number of carbonyl (C=O) groups excluding carboxylic acids is 2. The molecule has 7 aromatic rings. The van der Waals surface area contributed by atoms with E-state index in [0.29, 0.717) is 0 Å². The van der Waals surface area contributed by atoms with Gasteiger partial charge in [0.2, 0.25) is 12.0 Å². The third-order valence-electron chi connectivity index (χ3n) is 10.5. The number of hydrogen-bond acceptors (Lipinski definition) is 11. The van der Waals surface area contributed by atoms with Crippen LogP contribution >= 0.6 is 0 Å². The van der Waals surface area contributed by atoms with Crippen LogP contribution in [0.15, 0.2) is 158 Å². The Hall–Kier alpha value is -7.03. The molecule has 0 aliphatic carbocycles. The monoisotopic (exact) mass is 825 g/mol. The van der Waals surface area contributed by atoms with Crippen molar-refractivity contribution in [3.63, 3.8) is 0 Å². The van der Waals surface area contributed by atoms with Crippen molar-refractivity contribution < 1.29 is 42.2 Å². The Morgan fingerprint density at radius 2 is 1.25 bits per heavy atom. The van der Waals surface area contributed by atoms with Crippen LogP contribution in [0.3, 0.4) is 0 Å². The fourth-order valence-corrected chi connectivity index (χ4v) is 7.76. The van der Waals surface area contributed by atoms with E-state index in [1.165, 1.54) is 47.3 Å². The molecule has 3 heterocycles. The Kier molecular flexibility index (Phi) is 11.3. The highest BCUT2D eigenvalue weighted by Crippen LogP contribution is 2.51. The molecule has 8 rings (SSSR count). The van der Waals surface area contributed by atoms with Crippen molar-refractivity contribution >= 4 is 29.1 Å². The molecule has 4 atom stereocenters. The summed E-state index contributed by atoms with van der Waals surface area (Å²) in [6.45, 7) is 1.82. The lowest BCUT2D eigenvalue weighted by atomic mass is 9.76. The first-order chi connectivity index (χ1) is 29.6. The number of hydrogen-bond donors (Lipinski definition) is 0. The number of fused-ring (bicyclic) bond motifs is 1. The van der Waals surface area contributed by atoms with Gasteiger partial charge < -0.3 is 18.9 Å². The second kappa shape index (κ2) is 16.9. The Morgan fingerprint density at radius 1 is 0.754 bits per heavy atom. The summed E-state index contributed by atoms with van der Waals surface area (Å²) in [7, 11) is 1.48. The smallest absolute Gasteiger partial charge is 0.338 e. The molecular formula is C47H41F2N5O7. The fraction of sp³-hybridized carbons (Fsp3) is 0.213. The molecule has 1 aliphatic rings. The minimum absolute atomic E-state index is 0.0142. The largest absolute Gasteiger partial charge is 0.476 e. The second-order valence-corrected chi connectivity index (χ2v) is 14.4. The van der Waals surface area contributed by atoms with Crippen molar-refractivity contribution in [1.82, 2.24) is 19.5 Å². The number of aromatic nitrogens is 4. The van der Waals surface area contributed by atoms with Gasteiger partial charge >= 0.3 is 11.9 Å². The Morgan fingerprint density at radius 3 is 1.74 bits per heavy atom. The van der Waals surface area contributed by atoms with Gasteiger partial charge in [0.1, 0.15) is 5.54 Å². The number of nitrogens with zero attached hydrogens (tertiary/aromatic N) is 5. The average molecular weight is 826 g/mol. The summed E-state index contributed by atoms with van der Waals surface area (Å²) in [5.41, 5.74) is -1.51. The molecule has 5 aromatic carbocycles. The maximum atomic E-state index is 17.7. The Bertz CT molecular complexity index is 2510. The quantitative estimate of drug-likeness (QED) is 0.0595. The van der Waals surface area contributed by atoms with E-state index in [1.54, 1.807) is 43.3 Å². The lowest BCUT2D eigenvalue weighted by molar-refractivity contribution is -0.207. The van der Waals surface area contributed by atoms with Gasteiger partial charge in [-0.05, 0) is 54.8 Å². The summed E-state index contributed by atoms with van der Waals surface area (Å²) in [5.74, 6) is -5.15. The molecule has 0 bridgehead atoms. The van der Waals surface area contributed by atoms with Gasteiger partial charge in [0.15, 0.2) is 29.7 Å². The highest BCUT2D eigenvalue weighted by molar-refractivity contribution is 5.90. The van der Waals surface area contributed by atoms with Gasteiger partial charge in [0.05, 0.1) is 31.2 Å². The van der Waals surface area contributed by atoms with E-state index in [1.807, 2.05) is 91.0 Å². The van der Waals surface area contributed by atoms with Crippen molar-refractivity contribution in [2.24, 2.45) is 0 Å². The summed E-state index contributed by atoms with van der Waals surface area (Å²) < 4.78 is 59.4. The highest BCUT2D eigenvalue weighted by Gasteiger charge is 2.68. The van der Waals surface area contributed by atoms with Gasteiger partial charge in [0, 0.05) is 0 Å². The number of carbonyl (C=O) groups is 2. The minimum Gasteiger partial charge on any atom is -0.476 e. The number of rotatable bonds is 14. The van der Waals surface area contributed by atoms with E-state index in [-0.39, 0.29) is 40.7 Å². The van der Waals surface area contributed by atoms with Crippen molar-refractivity contribution in [3.05, 3.63) is 186 Å². The van der Waals surface area contributed by atoms with Crippen LogP contribution < -0.4 is 9.80 Å². The molecule has 1 unspecified atom stereocenters. The molecule has 0 radical (unpaired) electrons. The van der Waals surface area contributed by atoms with Gasteiger partial charge in [0.25, 0.3) is 11.8 Å². The van der Waals surface area contributed by atoms with Gasteiger partial charge in [-0.3, -0.25) is 9.40 Å². The molecule has 0 N–H and O–H groups in total. The third-order valence-corrected chi connectivity index (χ3v) is 10.5. The lowest BCUT2D eigenvalue weighted by Gasteiger charge is -2.43. The van der Waals surface area contributed by atoms with Crippen LogP contribution in [0.25, 0.3) is 11.2 Å². The number of hydroxylamine groups is 1. The second-order valence-electron chi connectivity index (χ2n) is 14.4. The molecule has 1 aliphatic heterocycles. The normalized spacial score (nSPS) is 20.0. The number of halogens is 2. The number of esters is 2. The van der Waals surface area contributed by atoms with Crippen LogP contribution in [0.4, 0.5) is 14.7 Å². The maximum absolute atomic E-state index is 17.7. The summed E-state index contributed by atoms with van der Waals surface area (Å²) in [6.07, 6.45) is -2.95. The molecule has 61 heavy (non-hydrogen) atoms. The van der Waals surface area contributed by atoms with E-state index >= 15 is 8.78 Å². The third kappa shape index (κ3) is 7.44. The first kappa shape index (κ1) is 40.7. The van der Waals surface area contributed by atoms with Crippen LogP contribution in [-0.2, 0) is 24.6 Å². The van der Waals surface area contributed by atoms with Crippen LogP contribution in [0, 0.1) is 0 Å². The first-order valence-corrected chi connectivity index (χ1v) is 19.5. The van der Waals surface area contributed by atoms with Gasteiger partial charge in [-0.25, -0.2) is 23.4 Å². The standard InChI is InChI=1S/C47H41F2N5O7/c1-4-58-39-37-38(51-44(52-39)54(57-3)47(34-24-14-7-15-25-34,35-26-16-8-17-27-35)36-28-18-9-19-29-36)53(31-50-37)43-45(2,48)42(60-41(56)33-22-12-6-13-23-33)46(49,61-43)30-59-40(55)32-20-10-5-11-21-32/h5-29,31,42-43H,4,30H2,1-3H3/t42-,43+,45?,46+/m0/s1. The number of imidazole rings is 1. The molecule has 1 saturated heterocycles. The minimum atomic E-state index is -3.21. The molecule has 0 amide bonds. The summed E-state index contributed by atoms with van der Waals surface area (Å²) in [5, 5.41) is 1.53. The predicted octanol–water partition coefficient (Wildman–Crippen LogP) is 8.59. The van der Waals surface area contributed by atoms with E-state index in [2.05, 4.69) is 4.98 Å². The van der Waals surface area contributed by atoms with Crippen molar-refractivity contribution in [2.75, 3.05) is 25.4 Å². The van der Waals surface area contributed by atoms with Crippen LogP contribution in [0.1, 0.15) is 57.5 Å². The SMILES string of the molecule is CCOc1nc(N(OC)C(c2ccccc2)(c2ccccc2)c2ccccc2)nc2c1ncn2[C@@H]1O[C@](F)(COC(=O)c2ccccc2)[C@@H](OC(=O)c2ccccc2)C1(C)F. The number of alkyl halides is 2. The molecule has 14 heteroatoms. The average Bonchev–Trinajstić information content (AvgIpc) is 3.81. The zero-order valence-corrected chi connectivity index (χ0v) is 33.4. The molecule has 310 valence electrons.